The quantitative estimate of drug-likeness (QED) is 0.840. The number of piperidine rings is 1. The monoisotopic (exact) mass is 304 g/mol. The molecule has 6 heteroatoms. The van der Waals surface area contributed by atoms with E-state index in [2.05, 4.69) is 17.1 Å². The molecule has 1 N–H and O–H groups in total. The van der Waals surface area contributed by atoms with Gasteiger partial charge in [0, 0.05) is 29.7 Å². The van der Waals surface area contributed by atoms with Crippen molar-refractivity contribution in [1.29, 1.82) is 0 Å². The molecular weight excluding hydrogens is 285 g/mol. The van der Waals surface area contributed by atoms with Gasteiger partial charge in [0.05, 0.1) is 0 Å². The molecule has 1 heterocycles. The highest BCUT2D eigenvalue weighted by atomic mass is 32.2. The Kier molecular flexibility index (Phi) is 5.21. The van der Waals surface area contributed by atoms with Gasteiger partial charge < -0.3 is 10.2 Å². The number of rotatable bonds is 4. The maximum Gasteiger partial charge on any atom is 0.446 e. The lowest BCUT2D eigenvalue weighted by atomic mass is 10.0. The molecule has 0 amide bonds. The molecule has 1 aromatic rings. The van der Waals surface area contributed by atoms with Gasteiger partial charge in [-0.3, -0.25) is 0 Å². The molecule has 1 aliphatic heterocycles. The smallest absolute Gasteiger partial charge is 0.382 e. The third-order valence-corrected chi connectivity index (χ3v) is 4.23. The maximum absolute atomic E-state index is 12.2. The van der Waals surface area contributed by atoms with Crippen LogP contribution in [-0.2, 0) is 0 Å². The molecule has 0 radical (unpaired) electrons. The molecule has 0 saturated carbocycles. The van der Waals surface area contributed by atoms with Gasteiger partial charge in [-0.05, 0) is 55.4 Å². The van der Waals surface area contributed by atoms with Crippen molar-refractivity contribution >= 4 is 17.4 Å². The molecule has 1 saturated heterocycles. The lowest BCUT2D eigenvalue weighted by molar-refractivity contribution is -0.0328. The van der Waals surface area contributed by atoms with Crippen LogP contribution in [0.3, 0.4) is 0 Å². The van der Waals surface area contributed by atoms with E-state index >= 15 is 0 Å². The SMILES string of the molecule is CCN1CCC(Nc2ccc(SC(F)(F)F)cc2)CC1. The number of hydrogen-bond acceptors (Lipinski definition) is 3. The summed E-state index contributed by atoms with van der Waals surface area (Å²) in [6.45, 7) is 5.40. The predicted octanol–water partition coefficient (Wildman–Crippen LogP) is 4.19. The van der Waals surface area contributed by atoms with Crippen LogP contribution in [0.2, 0.25) is 0 Å². The van der Waals surface area contributed by atoms with Gasteiger partial charge in [-0.25, -0.2) is 0 Å². The van der Waals surface area contributed by atoms with Crippen LogP contribution in [0.15, 0.2) is 29.2 Å². The molecule has 1 fully saturated rings. The molecule has 0 bridgehead atoms. The van der Waals surface area contributed by atoms with Crippen molar-refractivity contribution < 1.29 is 13.2 Å². The van der Waals surface area contributed by atoms with E-state index in [0.29, 0.717) is 6.04 Å². The van der Waals surface area contributed by atoms with Crippen molar-refractivity contribution in [3.8, 4) is 0 Å². The van der Waals surface area contributed by atoms with Crippen LogP contribution < -0.4 is 5.32 Å². The highest BCUT2D eigenvalue weighted by molar-refractivity contribution is 8.00. The van der Waals surface area contributed by atoms with Gasteiger partial charge in [0.25, 0.3) is 0 Å². The first kappa shape index (κ1) is 15.5. The molecule has 0 unspecified atom stereocenters. The van der Waals surface area contributed by atoms with Gasteiger partial charge in [0.2, 0.25) is 0 Å². The Morgan fingerprint density at radius 1 is 1.20 bits per heavy atom. The van der Waals surface area contributed by atoms with Crippen molar-refractivity contribution in [3.63, 3.8) is 0 Å². The molecule has 1 aliphatic rings. The summed E-state index contributed by atoms with van der Waals surface area (Å²) in [6, 6.07) is 6.89. The summed E-state index contributed by atoms with van der Waals surface area (Å²) in [5.74, 6) is 0. The summed E-state index contributed by atoms with van der Waals surface area (Å²) in [7, 11) is 0. The van der Waals surface area contributed by atoms with Crippen LogP contribution >= 0.6 is 11.8 Å². The topological polar surface area (TPSA) is 15.3 Å². The van der Waals surface area contributed by atoms with Crippen LogP contribution in [0.1, 0.15) is 19.8 Å². The highest BCUT2D eigenvalue weighted by Gasteiger charge is 2.29. The molecule has 112 valence electrons. The van der Waals surface area contributed by atoms with Gasteiger partial charge in [0.15, 0.2) is 0 Å². The fourth-order valence-electron chi connectivity index (χ4n) is 2.38. The standard InChI is InChI=1S/C14H19F3N2S/c1-2-19-9-7-12(8-10-19)18-11-3-5-13(6-4-11)20-14(15,16)17/h3-6,12,18H,2,7-10H2,1H3. The third-order valence-electron chi connectivity index (χ3n) is 3.49. The minimum Gasteiger partial charge on any atom is -0.382 e. The minimum atomic E-state index is -4.22. The summed E-state index contributed by atoms with van der Waals surface area (Å²) >= 11 is -0.0757. The average molecular weight is 304 g/mol. The number of nitrogens with zero attached hydrogens (tertiary/aromatic N) is 1. The van der Waals surface area contributed by atoms with E-state index in [1.807, 2.05) is 0 Å². The summed E-state index contributed by atoms with van der Waals surface area (Å²) < 4.78 is 36.7. The number of anilines is 1. The van der Waals surface area contributed by atoms with E-state index in [1.54, 1.807) is 12.1 Å². The first-order valence-electron chi connectivity index (χ1n) is 6.81. The first-order chi connectivity index (χ1) is 9.46. The van der Waals surface area contributed by atoms with Crippen LogP contribution in [0.4, 0.5) is 18.9 Å². The molecule has 20 heavy (non-hydrogen) atoms. The third kappa shape index (κ3) is 4.90. The predicted molar refractivity (Wildman–Crippen MR) is 77.1 cm³/mol. The summed E-state index contributed by atoms with van der Waals surface area (Å²) in [6.07, 6.45) is 2.15. The number of halogens is 3. The second-order valence-corrected chi connectivity index (χ2v) is 6.06. The number of thioether (sulfide) groups is 1. The van der Waals surface area contributed by atoms with E-state index in [-0.39, 0.29) is 16.7 Å². The fourth-order valence-corrected chi connectivity index (χ4v) is 2.92. The van der Waals surface area contributed by atoms with Crippen LogP contribution in [0.5, 0.6) is 0 Å². The Balaban J connectivity index is 1.85. The Bertz CT molecular complexity index is 411. The van der Waals surface area contributed by atoms with Crippen LogP contribution in [-0.4, -0.2) is 36.1 Å². The molecule has 0 atom stereocenters. The van der Waals surface area contributed by atoms with E-state index in [0.717, 1.165) is 38.2 Å². The molecule has 2 rings (SSSR count). The highest BCUT2D eigenvalue weighted by Crippen LogP contribution is 2.37. The van der Waals surface area contributed by atoms with Crippen LogP contribution in [0, 0.1) is 0 Å². The lowest BCUT2D eigenvalue weighted by Gasteiger charge is -2.32. The van der Waals surface area contributed by atoms with Gasteiger partial charge in [-0.1, -0.05) is 6.92 Å². The summed E-state index contributed by atoms with van der Waals surface area (Å²) in [5, 5.41) is 3.40. The maximum atomic E-state index is 12.2. The Hall–Kier alpha value is -0.880. The molecule has 2 nitrogen and oxygen atoms in total. The zero-order valence-electron chi connectivity index (χ0n) is 11.4. The van der Waals surface area contributed by atoms with Crippen molar-refractivity contribution in [3.05, 3.63) is 24.3 Å². The Morgan fingerprint density at radius 3 is 2.30 bits per heavy atom. The first-order valence-corrected chi connectivity index (χ1v) is 7.62. The zero-order chi connectivity index (χ0) is 14.6. The number of nitrogens with one attached hydrogen (secondary N) is 1. The van der Waals surface area contributed by atoms with Crippen molar-refractivity contribution in [1.82, 2.24) is 4.90 Å². The Morgan fingerprint density at radius 2 is 1.80 bits per heavy atom. The van der Waals surface area contributed by atoms with E-state index in [1.165, 1.54) is 12.1 Å². The number of benzene rings is 1. The van der Waals surface area contributed by atoms with E-state index < -0.39 is 5.51 Å². The lowest BCUT2D eigenvalue weighted by Crippen LogP contribution is -2.38. The van der Waals surface area contributed by atoms with Gasteiger partial charge in [0.1, 0.15) is 0 Å². The average Bonchev–Trinajstić information content (AvgIpc) is 2.40. The van der Waals surface area contributed by atoms with E-state index in [4.69, 9.17) is 0 Å². The molecule has 0 spiro atoms. The van der Waals surface area contributed by atoms with Crippen molar-refractivity contribution in [2.75, 3.05) is 25.0 Å². The number of likely N-dealkylation sites (tertiary alicyclic amines) is 1. The second kappa shape index (κ2) is 6.72. The zero-order valence-corrected chi connectivity index (χ0v) is 12.2. The fraction of sp³-hybridized carbons (Fsp3) is 0.571. The molecular formula is C14H19F3N2S. The molecule has 0 aliphatic carbocycles. The van der Waals surface area contributed by atoms with Crippen molar-refractivity contribution in [2.45, 2.75) is 36.2 Å². The number of hydrogen-bond donors (Lipinski definition) is 1. The largest absolute Gasteiger partial charge is 0.446 e. The van der Waals surface area contributed by atoms with Gasteiger partial charge in [-0.2, -0.15) is 13.2 Å². The summed E-state index contributed by atoms with van der Waals surface area (Å²) in [4.78, 5) is 2.63. The normalized spacial score (nSPS) is 18.2. The number of alkyl halides is 3. The molecule has 0 aromatic heterocycles. The van der Waals surface area contributed by atoms with E-state index in [9.17, 15) is 13.2 Å². The summed E-state index contributed by atoms with van der Waals surface area (Å²) in [5.41, 5.74) is -3.33. The van der Waals surface area contributed by atoms with Gasteiger partial charge in [-0.15, -0.1) is 0 Å². The van der Waals surface area contributed by atoms with Crippen molar-refractivity contribution in [2.24, 2.45) is 0 Å². The van der Waals surface area contributed by atoms with Gasteiger partial charge >= 0.3 is 5.51 Å². The molecule has 1 aromatic carbocycles. The Labute approximate surface area is 121 Å². The second-order valence-electron chi connectivity index (χ2n) is 4.93. The van der Waals surface area contributed by atoms with Crippen LogP contribution in [0.25, 0.3) is 0 Å². The minimum absolute atomic E-state index is 0.0757.